The molecular weight excluding hydrogens is 829 g/mol. The summed E-state index contributed by atoms with van der Waals surface area (Å²) in [6.07, 6.45) is 0. The first kappa shape index (κ1) is 35.8. The average molecular weight is 861 g/mol. The van der Waals surface area contributed by atoms with Gasteiger partial charge in [-0.2, -0.15) is 0 Å². The van der Waals surface area contributed by atoms with Crippen molar-refractivity contribution >= 4 is 119 Å². The molecule has 306 valence electrons. The number of thiophene rings is 1. The van der Waals surface area contributed by atoms with Gasteiger partial charge in [-0.3, -0.25) is 0 Å². The van der Waals surface area contributed by atoms with Gasteiger partial charge in [0.05, 0.1) is 16.7 Å². The fourth-order valence-corrected chi connectivity index (χ4v) is 11.5. The molecule has 0 bridgehead atoms. The lowest BCUT2D eigenvalue weighted by Gasteiger charge is -2.15. The fourth-order valence-electron chi connectivity index (χ4n) is 10.3. The number of fused-ring (bicyclic) bond motifs is 15. The first-order valence-corrected chi connectivity index (χ1v) is 22.9. The molecule has 0 spiro atoms. The van der Waals surface area contributed by atoms with Gasteiger partial charge < -0.3 is 13.4 Å². The highest BCUT2D eigenvalue weighted by Gasteiger charge is 2.24. The zero-order valence-corrected chi connectivity index (χ0v) is 35.8. The molecule has 10 aromatic carbocycles. The van der Waals surface area contributed by atoms with Gasteiger partial charge >= 0.3 is 0 Å². The zero-order chi connectivity index (χ0) is 43.0. The predicted octanol–water partition coefficient (Wildman–Crippen LogP) is 16.4. The third kappa shape index (κ3) is 5.20. The van der Waals surface area contributed by atoms with Gasteiger partial charge in [-0.15, -0.1) is 11.3 Å². The van der Waals surface area contributed by atoms with E-state index in [1.165, 1.54) is 47.1 Å². The summed E-state index contributed by atoms with van der Waals surface area (Å²) in [5.74, 6) is 1.69. The van der Waals surface area contributed by atoms with Crippen LogP contribution >= 0.6 is 11.3 Å². The molecule has 5 heterocycles. The van der Waals surface area contributed by atoms with E-state index in [0.717, 1.165) is 82.7 Å². The molecule has 0 unspecified atom stereocenters. The summed E-state index contributed by atoms with van der Waals surface area (Å²) in [4.78, 5) is 16.2. The van der Waals surface area contributed by atoms with E-state index >= 15 is 0 Å². The second-order valence-electron chi connectivity index (χ2n) is 17.1. The quantitative estimate of drug-likeness (QED) is 0.176. The lowest BCUT2D eigenvalue weighted by Crippen LogP contribution is -2.04. The van der Waals surface area contributed by atoms with Gasteiger partial charge in [-0.1, -0.05) is 127 Å². The van der Waals surface area contributed by atoms with Crippen LogP contribution < -0.4 is 0 Å². The van der Waals surface area contributed by atoms with Crippen LogP contribution in [0, 0.1) is 0 Å². The number of para-hydroxylation sites is 2. The Bertz CT molecular complexity index is 4420. The number of hydrogen-bond acceptors (Lipinski definition) is 6. The van der Waals surface area contributed by atoms with E-state index < -0.39 is 0 Å². The van der Waals surface area contributed by atoms with E-state index in [4.69, 9.17) is 23.8 Å². The Morgan fingerprint density at radius 2 is 0.924 bits per heavy atom. The summed E-state index contributed by atoms with van der Waals surface area (Å²) >= 11 is 1.79. The number of hydrogen-bond donors (Lipinski definition) is 0. The van der Waals surface area contributed by atoms with Crippen molar-refractivity contribution < 1.29 is 8.83 Å². The van der Waals surface area contributed by atoms with Crippen LogP contribution in [0.2, 0.25) is 0 Å². The lowest BCUT2D eigenvalue weighted by atomic mass is 10.0. The number of rotatable bonds is 4. The molecular formula is C59H32N4O2S. The molecule has 0 saturated carbocycles. The normalized spacial score (nSPS) is 12.2. The van der Waals surface area contributed by atoms with Crippen molar-refractivity contribution in [1.29, 1.82) is 0 Å². The van der Waals surface area contributed by atoms with Crippen molar-refractivity contribution in [2.75, 3.05) is 0 Å². The molecule has 0 amide bonds. The summed E-state index contributed by atoms with van der Waals surface area (Å²) in [7, 11) is 0. The summed E-state index contributed by atoms with van der Waals surface area (Å²) < 4.78 is 17.9. The van der Waals surface area contributed by atoms with Crippen molar-refractivity contribution in [2.45, 2.75) is 0 Å². The van der Waals surface area contributed by atoms with Crippen LogP contribution in [-0.4, -0.2) is 19.5 Å². The maximum absolute atomic E-state index is 6.69. The molecule has 0 N–H and O–H groups in total. The Balaban J connectivity index is 1.06. The van der Waals surface area contributed by atoms with Gasteiger partial charge in [0.25, 0.3) is 0 Å². The van der Waals surface area contributed by atoms with Gasteiger partial charge in [-0.05, 0) is 82.2 Å². The highest BCUT2D eigenvalue weighted by molar-refractivity contribution is 7.25. The molecule has 66 heavy (non-hydrogen) atoms. The fraction of sp³-hybridized carbons (Fsp3) is 0. The zero-order valence-electron chi connectivity index (χ0n) is 35.0. The number of nitrogens with zero attached hydrogens (tertiary/aromatic N) is 4. The predicted molar refractivity (Wildman–Crippen MR) is 273 cm³/mol. The second-order valence-corrected chi connectivity index (χ2v) is 18.2. The topological polar surface area (TPSA) is 69.9 Å². The minimum absolute atomic E-state index is 0.551. The smallest absolute Gasteiger partial charge is 0.166 e. The Labute approximate surface area is 379 Å². The molecule has 15 rings (SSSR count). The third-order valence-electron chi connectivity index (χ3n) is 13.4. The summed E-state index contributed by atoms with van der Waals surface area (Å²) in [5, 5.41) is 13.7. The number of furan rings is 2. The van der Waals surface area contributed by atoms with Gasteiger partial charge in [-0.25, -0.2) is 15.0 Å². The molecule has 5 aromatic heterocycles. The van der Waals surface area contributed by atoms with Crippen LogP contribution in [0.3, 0.4) is 0 Å². The maximum Gasteiger partial charge on any atom is 0.166 e. The molecule has 7 heteroatoms. The molecule has 0 saturated heterocycles. The van der Waals surface area contributed by atoms with E-state index in [2.05, 4.69) is 168 Å². The lowest BCUT2D eigenvalue weighted by molar-refractivity contribution is 0.668. The van der Waals surface area contributed by atoms with E-state index in [1.54, 1.807) is 11.3 Å². The first-order chi connectivity index (χ1) is 32.7. The summed E-state index contributed by atoms with van der Waals surface area (Å²) in [6, 6.07) is 68.6. The van der Waals surface area contributed by atoms with Crippen LogP contribution in [0.4, 0.5) is 0 Å². The van der Waals surface area contributed by atoms with Crippen LogP contribution in [0.1, 0.15) is 0 Å². The molecule has 15 aromatic rings. The number of aromatic nitrogens is 4. The van der Waals surface area contributed by atoms with Crippen LogP contribution in [0.15, 0.2) is 203 Å². The van der Waals surface area contributed by atoms with Crippen molar-refractivity contribution in [3.8, 4) is 39.9 Å². The Morgan fingerprint density at radius 1 is 0.348 bits per heavy atom. The van der Waals surface area contributed by atoms with E-state index in [9.17, 15) is 0 Å². The second kappa shape index (κ2) is 13.4. The minimum atomic E-state index is 0.551. The van der Waals surface area contributed by atoms with Gasteiger partial charge in [0.15, 0.2) is 17.5 Å². The molecule has 6 nitrogen and oxygen atoms in total. The van der Waals surface area contributed by atoms with Gasteiger partial charge in [0.1, 0.15) is 22.3 Å². The van der Waals surface area contributed by atoms with Gasteiger partial charge in [0.2, 0.25) is 0 Å². The Kier molecular flexibility index (Phi) is 7.28. The Morgan fingerprint density at radius 3 is 1.71 bits per heavy atom. The highest BCUT2D eigenvalue weighted by atomic mass is 32.1. The molecule has 0 aliphatic rings. The summed E-state index contributed by atoms with van der Waals surface area (Å²) in [5.41, 5.74) is 8.89. The molecule has 0 aliphatic carbocycles. The monoisotopic (exact) mass is 860 g/mol. The molecule has 0 aliphatic heterocycles. The average Bonchev–Trinajstić information content (AvgIpc) is 4.13. The first-order valence-electron chi connectivity index (χ1n) is 22.1. The molecule has 0 radical (unpaired) electrons. The number of benzene rings is 10. The molecule has 0 atom stereocenters. The van der Waals surface area contributed by atoms with E-state index in [0.29, 0.717) is 17.5 Å². The SMILES string of the molecule is c1ccc2cc3c(cc2c1)c1c2ccccc2ccc1n3-c1cc2oc3ccccc3c2cc1-c1nc(-c2ccc3c(c2)oc2ccccc23)nc(-c2ccc3c(c2)sc2ccccc23)n1. The van der Waals surface area contributed by atoms with Crippen LogP contribution in [-0.2, 0) is 0 Å². The van der Waals surface area contributed by atoms with Gasteiger partial charge in [0, 0.05) is 75.2 Å². The third-order valence-corrected chi connectivity index (χ3v) is 14.5. The Hall–Kier alpha value is -8.65. The van der Waals surface area contributed by atoms with E-state index in [1.807, 2.05) is 30.3 Å². The maximum atomic E-state index is 6.69. The van der Waals surface area contributed by atoms with Crippen molar-refractivity contribution in [2.24, 2.45) is 0 Å². The minimum Gasteiger partial charge on any atom is -0.456 e. The van der Waals surface area contributed by atoms with Crippen molar-refractivity contribution in [1.82, 2.24) is 19.5 Å². The van der Waals surface area contributed by atoms with Crippen molar-refractivity contribution in [3.05, 3.63) is 194 Å². The highest BCUT2D eigenvalue weighted by Crippen LogP contribution is 2.44. The largest absolute Gasteiger partial charge is 0.456 e. The standard InChI is InChI=1S/C59H32N4O2S/c1-2-13-35-28-48-45(27-34(35)12-1)56-38-14-4-3-11-33(38)23-26-47(56)63(48)49-32-53-44(40-16-6-9-19-51(40)65-53)31-46(49)59-61-57(36-21-24-41-39-15-5-8-18-50(39)64-52(41)29-36)60-58(62-59)37-22-25-43-42-17-7-10-20-54(42)66-55(43)30-37/h1-32H. The molecule has 0 fully saturated rings. The van der Waals surface area contributed by atoms with Crippen LogP contribution in [0.5, 0.6) is 0 Å². The van der Waals surface area contributed by atoms with E-state index in [-0.39, 0.29) is 0 Å². The van der Waals surface area contributed by atoms with Crippen molar-refractivity contribution in [3.63, 3.8) is 0 Å². The summed E-state index contributed by atoms with van der Waals surface area (Å²) in [6.45, 7) is 0. The van der Waals surface area contributed by atoms with Crippen LogP contribution in [0.25, 0.3) is 147 Å².